The quantitative estimate of drug-likeness (QED) is 0.656. The first-order valence-corrected chi connectivity index (χ1v) is 3.73. The van der Waals surface area contributed by atoms with Crippen molar-refractivity contribution >= 4 is 0 Å². The smallest absolute Gasteiger partial charge is 0.213 e. The predicted molar refractivity (Wildman–Crippen MR) is 44.5 cm³/mol. The van der Waals surface area contributed by atoms with Crippen LogP contribution in [-0.2, 0) is 6.42 Å². The van der Waals surface area contributed by atoms with E-state index < -0.39 is 0 Å². The molecule has 59 valence electrons. The van der Waals surface area contributed by atoms with Gasteiger partial charge >= 0.3 is 0 Å². The van der Waals surface area contributed by atoms with E-state index in [1.807, 2.05) is 19.1 Å². The molecule has 0 amide bonds. The summed E-state index contributed by atoms with van der Waals surface area (Å²) in [6.07, 6.45) is 2.57. The number of ether oxygens (including phenoxy) is 1. The molecule has 0 saturated heterocycles. The molecular formula is C9H12NO. The van der Waals surface area contributed by atoms with Gasteiger partial charge < -0.3 is 4.74 Å². The summed E-state index contributed by atoms with van der Waals surface area (Å²) >= 11 is 0. The van der Waals surface area contributed by atoms with Crippen LogP contribution in [-0.4, -0.2) is 11.6 Å². The van der Waals surface area contributed by atoms with Gasteiger partial charge in [-0.1, -0.05) is 6.07 Å². The molecule has 0 N–H and O–H groups in total. The van der Waals surface area contributed by atoms with E-state index in [0.29, 0.717) is 12.5 Å². The molecule has 11 heavy (non-hydrogen) atoms. The molecule has 0 bridgehead atoms. The summed E-state index contributed by atoms with van der Waals surface area (Å²) in [5.41, 5.74) is 1.13. The molecule has 0 saturated carbocycles. The van der Waals surface area contributed by atoms with E-state index >= 15 is 0 Å². The van der Waals surface area contributed by atoms with E-state index in [2.05, 4.69) is 11.9 Å². The summed E-state index contributed by atoms with van der Waals surface area (Å²) in [6.45, 7) is 6.36. The van der Waals surface area contributed by atoms with E-state index in [9.17, 15) is 0 Å². The molecule has 2 heteroatoms. The maximum absolute atomic E-state index is 5.17. The minimum absolute atomic E-state index is 0.663. The van der Waals surface area contributed by atoms with Crippen molar-refractivity contribution in [1.82, 2.24) is 4.98 Å². The minimum atomic E-state index is 0.663. The van der Waals surface area contributed by atoms with Crippen molar-refractivity contribution in [2.75, 3.05) is 6.61 Å². The number of hydrogen-bond acceptors (Lipinski definition) is 2. The Balaban J connectivity index is 2.66. The average molecular weight is 150 g/mol. The number of aromatic nitrogens is 1. The van der Waals surface area contributed by atoms with Crippen LogP contribution in [0, 0.1) is 6.92 Å². The van der Waals surface area contributed by atoms with Crippen LogP contribution >= 0.6 is 0 Å². The third kappa shape index (κ3) is 2.22. The molecule has 0 unspecified atom stereocenters. The molecule has 0 spiro atoms. The first-order chi connectivity index (χ1) is 5.36. The second-order valence-electron chi connectivity index (χ2n) is 2.19. The lowest BCUT2D eigenvalue weighted by atomic mass is 10.2. The van der Waals surface area contributed by atoms with Gasteiger partial charge in [0.05, 0.1) is 6.61 Å². The van der Waals surface area contributed by atoms with Crippen LogP contribution in [0.15, 0.2) is 18.3 Å². The van der Waals surface area contributed by atoms with E-state index in [4.69, 9.17) is 4.74 Å². The summed E-state index contributed by atoms with van der Waals surface area (Å²) in [5, 5.41) is 0. The number of hydrogen-bond donors (Lipinski definition) is 0. The van der Waals surface area contributed by atoms with E-state index in [1.54, 1.807) is 6.20 Å². The van der Waals surface area contributed by atoms with Crippen molar-refractivity contribution in [3.63, 3.8) is 0 Å². The van der Waals surface area contributed by atoms with Crippen LogP contribution < -0.4 is 4.74 Å². The van der Waals surface area contributed by atoms with Crippen molar-refractivity contribution < 1.29 is 4.74 Å². The Bertz CT molecular complexity index is 205. The fraction of sp³-hybridized carbons (Fsp3) is 0.333. The lowest BCUT2D eigenvalue weighted by molar-refractivity contribution is 0.326. The van der Waals surface area contributed by atoms with Gasteiger partial charge in [-0.25, -0.2) is 4.98 Å². The molecule has 0 fully saturated rings. The Kier molecular flexibility index (Phi) is 2.90. The number of rotatable bonds is 3. The molecule has 0 aliphatic heterocycles. The topological polar surface area (TPSA) is 22.1 Å². The number of pyridine rings is 1. The second-order valence-corrected chi connectivity index (χ2v) is 2.19. The fourth-order valence-electron chi connectivity index (χ4n) is 0.792. The highest BCUT2D eigenvalue weighted by atomic mass is 16.5. The van der Waals surface area contributed by atoms with Gasteiger partial charge in [-0.15, -0.1) is 0 Å². The molecule has 1 aromatic heterocycles. The SMILES string of the molecule is [CH2]Cc1ccc(OCC)nc1. The zero-order valence-electron chi connectivity index (χ0n) is 6.71. The van der Waals surface area contributed by atoms with Gasteiger partial charge in [0.1, 0.15) is 0 Å². The normalized spacial score (nSPS) is 9.64. The van der Waals surface area contributed by atoms with Crippen LogP contribution in [0.4, 0.5) is 0 Å². The monoisotopic (exact) mass is 150 g/mol. The van der Waals surface area contributed by atoms with Crippen molar-refractivity contribution in [2.45, 2.75) is 13.3 Å². The van der Waals surface area contributed by atoms with Gasteiger partial charge in [0.2, 0.25) is 5.88 Å². The standard InChI is InChI=1S/C9H12NO/c1-3-8-5-6-9(10-7-8)11-4-2/h5-7H,1,3-4H2,2H3. The maximum atomic E-state index is 5.17. The van der Waals surface area contributed by atoms with Gasteiger partial charge in [-0.2, -0.15) is 0 Å². The van der Waals surface area contributed by atoms with E-state index in [-0.39, 0.29) is 0 Å². The lowest BCUT2D eigenvalue weighted by Crippen LogP contribution is -1.94. The zero-order valence-corrected chi connectivity index (χ0v) is 6.71. The lowest BCUT2D eigenvalue weighted by Gasteiger charge is -2.01. The highest BCUT2D eigenvalue weighted by Crippen LogP contribution is 2.06. The molecule has 1 aromatic rings. The summed E-state index contributed by atoms with van der Waals surface area (Å²) in [4.78, 5) is 4.08. The van der Waals surface area contributed by atoms with Crippen LogP contribution in [0.3, 0.4) is 0 Å². The molecule has 0 atom stereocenters. The van der Waals surface area contributed by atoms with Gasteiger partial charge in [-0.05, 0) is 25.8 Å². The summed E-state index contributed by atoms with van der Waals surface area (Å²) in [6, 6.07) is 3.84. The zero-order chi connectivity index (χ0) is 8.10. The van der Waals surface area contributed by atoms with Crippen molar-refractivity contribution in [3.05, 3.63) is 30.8 Å². The van der Waals surface area contributed by atoms with Crippen molar-refractivity contribution in [3.8, 4) is 5.88 Å². The molecule has 1 rings (SSSR count). The average Bonchev–Trinajstić information content (AvgIpc) is 2.07. The second kappa shape index (κ2) is 3.96. The van der Waals surface area contributed by atoms with Crippen molar-refractivity contribution in [2.24, 2.45) is 0 Å². The molecule has 1 heterocycles. The molecular weight excluding hydrogens is 138 g/mol. The third-order valence-corrected chi connectivity index (χ3v) is 1.38. The van der Waals surface area contributed by atoms with Crippen LogP contribution in [0.2, 0.25) is 0 Å². The Hall–Kier alpha value is -1.05. The van der Waals surface area contributed by atoms with Crippen LogP contribution in [0.1, 0.15) is 12.5 Å². The van der Waals surface area contributed by atoms with Crippen molar-refractivity contribution in [1.29, 1.82) is 0 Å². The first kappa shape index (κ1) is 8.05. The summed E-state index contributed by atoms with van der Waals surface area (Å²) < 4.78 is 5.17. The maximum Gasteiger partial charge on any atom is 0.213 e. The molecule has 0 aliphatic rings. The Morgan fingerprint density at radius 3 is 2.82 bits per heavy atom. The minimum Gasteiger partial charge on any atom is -0.478 e. The molecule has 1 radical (unpaired) electrons. The van der Waals surface area contributed by atoms with E-state index in [1.165, 1.54) is 0 Å². The Morgan fingerprint density at radius 1 is 1.55 bits per heavy atom. The van der Waals surface area contributed by atoms with Crippen LogP contribution in [0.5, 0.6) is 5.88 Å². The van der Waals surface area contributed by atoms with Gasteiger partial charge in [0.25, 0.3) is 0 Å². The van der Waals surface area contributed by atoms with Gasteiger partial charge in [0.15, 0.2) is 0 Å². The molecule has 0 aromatic carbocycles. The largest absolute Gasteiger partial charge is 0.478 e. The van der Waals surface area contributed by atoms with Gasteiger partial charge in [-0.3, -0.25) is 0 Å². The van der Waals surface area contributed by atoms with E-state index in [0.717, 1.165) is 12.0 Å². The summed E-state index contributed by atoms with van der Waals surface area (Å²) in [7, 11) is 0. The molecule has 2 nitrogen and oxygen atoms in total. The molecule has 0 aliphatic carbocycles. The third-order valence-electron chi connectivity index (χ3n) is 1.38. The highest BCUT2D eigenvalue weighted by molar-refractivity contribution is 5.18. The Labute approximate surface area is 67.2 Å². The predicted octanol–water partition coefficient (Wildman–Crippen LogP) is 1.86. The Morgan fingerprint density at radius 2 is 2.36 bits per heavy atom. The fourth-order valence-corrected chi connectivity index (χ4v) is 0.792. The van der Waals surface area contributed by atoms with Gasteiger partial charge in [0, 0.05) is 12.3 Å². The van der Waals surface area contributed by atoms with Crippen LogP contribution in [0.25, 0.3) is 0 Å². The summed E-state index contributed by atoms with van der Waals surface area (Å²) in [5.74, 6) is 0.685. The number of nitrogens with zero attached hydrogens (tertiary/aromatic N) is 1. The highest BCUT2D eigenvalue weighted by Gasteiger charge is 1.92. The first-order valence-electron chi connectivity index (χ1n) is 3.73.